The number of carboxylic acid groups (broad SMARTS) is 1. The molecule has 0 heterocycles. The number of hydrogen-bond acceptors (Lipinski definition) is 2. The standard InChI is InChI=1S/C5H5O2S/c1-2-4(3-8)5(6)7/h2,4H,1H2,(H,6,7)/t4-/m1/s1. The zero-order valence-electron chi connectivity index (χ0n) is 4.13. The molecule has 8 heavy (non-hydrogen) atoms. The summed E-state index contributed by atoms with van der Waals surface area (Å²) in [6.45, 7) is 3.24. The lowest BCUT2D eigenvalue weighted by molar-refractivity contribution is -0.137. The number of hydrogen-bond donors (Lipinski definition) is 1. The van der Waals surface area contributed by atoms with Crippen LogP contribution in [0, 0.1) is 5.92 Å². The van der Waals surface area contributed by atoms with Crippen LogP contribution in [-0.4, -0.2) is 16.4 Å². The van der Waals surface area contributed by atoms with Crippen LogP contribution in [0.2, 0.25) is 0 Å². The first-order chi connectivity index (χ1) is 3.72. The fourth-order valence-corrected chi connectivity index (χ4v) is 0.396. The zero-order chi connectivity index (χ0) is 6.57. The Kier molecular flexibility index (Phi) is 3.03. The van der Waals surface area contributed by atoms with Crippen molar-refractivity contribution in [3.63, 3.8) is 0 Å². The predicted octanol–water partition coefficient (Wildman–Crippen LogP) is 0.750. The fourth-order valence-electron chi connectivity index (χ4n) is 0.199. The molecule has 1 atom stereocenters. The highest BCUT2D eigenvalue weighted by molar-refractivity contribution is 7.79. The molecule has 0 aliphatic rings. The van der Waals surface area contributed by atoms with Crippen LogP contribution >= 0.6 is 12.2 Å². The highest BCUT2D eigenvalue weighted by Gasteiger charge is 2.07. The summed E-state index contributed by atoms with van der Waals surface area (Å²) in [5, 5.41) is 10.3. The summed E-state index contributed by atoms with van der Waals surface area (Å²) in [7, 11) is 0. The molecule has 0 aliphatic heterocycles. The van der Waals surface area contributed by atoms with E-state index in [2.05, 4.69) is 24.2 Å². The third kappa shape index (κ3) is 1.84. The Morgan fingerprint density at radius 1 is 2.00 bits per heavy atom. The Balaban J connectivity index is 3.88. The second-order valence-electron chi connectivity index (χ2n) is 1.17. The maximum atomic E-state index is 9.96. The molecule has 0 spiro atoms. The molecular formula is C5H5O2S. The SMILES string of the molecule is C=C[C@H]([C]=S)C(=O)O. The van der Waals surface area contributed by atoms with Crippen molar-refractivity contribution in [2.24, 2.45) is 5.92 Å². The van der Waals surface area contributed by atoms with E-state index in [1.165, 1.54) is 6.08 Å². The predicted molar refractivity (Wildman–Crippen MR) is 33.9 cm³/mol. The maximum absolute atomic E-state index is 9.96. The van der Waals surface area contributed by atoms with Crippen molar-refractivity contribution in [3.05, 3.63) is 12.7 Å². The molecule has 0 rings (SSSR count). The summed E-state index contributed by atoms with van der Waals surface area (Å²) in [5.74, 6) is -1.81. The van der Waals surface area contributed by atoms with Crippen LogP contribution in [0.3, 0.4) is 0 Å². The van der Waals surface area contributed by atoms with Crippen LogP contribution < -0.4 is 0 Å². The van der Waals surface area contributed by atoms with E-state index in [1.54, 1.807) is 0 Å². The van der Waals surface area contributed by atoms with Gasteiger partial charge in [0.1, 0.15) is 5.92 Å². The van der Waals surface area contributed by atoms with Crippen molar-refractivity contribution >= 4 is 23.6 Å². The van der Waals surface area contributed by atoms with Crippen LogP contribution in [0.5, 0.6) is 0 Å². The number of rotatable bonds is 3. The van der Waals surface area contributed by atoms with Crippen molar-refractivity contribution < 1.29 is 9.90 Å². The largest absolute Gasteiger partial charge is 0.481 e. The first-order valence-electron chi connectivity index (χ1n) is 1.95. The van der Waals surface area contributed by atoms with Crippen LogP contribution in [0.25, 0.3) is 0 Å². The van der Waals surface area contributed by atoms with Crippen LogP contribution in [0.4, 0.5) is 0 Å². The highest BCUT2D eigenvalue weighted by atomic mass is 32.1. The number of carboxylic acids is 1. The summed E-state index contributed by atoms with van der Waals surface area (Å²) in [6.07, 6.45) is 1.23. The van der Waals surface area contributed by atoms with Gasteiger partial charge in [-0.25, -0.2) is 0 Å². The average Bonchev–Trinajstić information content (AvgIpc) is 1.69. The van der Waals surface area contributed by atoms with E-state index in [0.29, 0.717) is 0 Å². The van der Waals surface area contributed by atoms with Crippen molar-refractivity contribution in [1.29, 1.82) is 0 Å². The van der Waals surface area contributed by atoms with Crippen molar-refractivity contribution in [3.8, 4) is 0 Å². The summed E-state index contributed by atoms with van der Waals surface area (Å²) in [4.78, 5) is 9.96. The lowest BCUT2D eigenvalue weighted by Crippen LogP contribution is -2.10. The number of aliphatic carboxylic acids is 1. The quantitative estimate of drug-likeness (QED) is 0.451. The van der Waals surface area contributed by atoms with Gasteiger partial charge in [0.2, 0.25) is 0 Å². The molecule has 0 aromatic rings. The minimum atomic E-state index is -1.00. The Morgan fingerprint density at radius 2 is 2.50 bits per heavy atom. The Labute approximate surface area is 52.8 Å². The van der Waals surface area contributed by atoms with E-state index in [1.807, 2.05) is 0 Å². The number of thiocarbonyl (C=S) groups is 1. The Bertz CT molecular complexity index is 112. The Hall–Kier alpha value is -0.700. The normalized spacial score (nSPS) is 12.0. The first-order valence-corrected chi connectivity index (χ1v) is 2.36. The molecule has 1 radical (unpaired) electrons. The van der Waals surface area contributed by atoms with Gasteiger partial charge in [-0.2, -0.15) is 0 Å². The van der Waals surface area contributed by atoms with E-state index >= 15 is 0 Å². The minimum Gasteiger partial charge on any atom is -0.481 e. The van der Waals surface area contributed by atoms with E-state index < -0.39 is 11.9 Å². The van der Waals surface area contributed by atoms with Crippen molar-refractivity contribution in [2.45, 2.75) is 0 Å². The lowest BCUT2D eigenvalue weighted by atomic mass is 10.2. The smallest absolute Gasteiger partial charge is 0.315 e. The molecule has 0 fully saturated rings. The second-order valence-corrected chi connectivity index (χ2v) is 1.41. The van der Waals surface area contributed by atoms with Gasteiger partial charge in [0, 0.05) is 5.37 Å². The van der Waals surface area contributed by atoms with Gasteiger partial charge in [-0.1, -0.05) is 18.3 Å². The monoisotopic (exact) mass is 129 g/mol. The van der Waals surface area contributed by atoms with Crippen molar-refractivity contribution in [2.75, 3.05) is 0 Å². The summed E-state index contributed by atoms with van der Waals surface area (Å²) < 4.78 is 0. The molecule has 0 aromatic heterocycles. The van der Waals surface area contributed by atoms with E-state index in [-0.39, 0.29) is 0 Å². The summed E-state index contributed by atoms with van der Waals surface area (Å²) in [5.41, 5.74) is 0. The van der Waals surface area contributed by atoms with Gasteiger partial charge in [-0.05, 0) is 0 Å². The lowest BCUT2D eigenvalue weighted by Gasteiger charge is -1.92. The van der Waals surface area contributed by atoms with Gasteiger partial charge in [-0.3, -0.25) is 4.79 Å². The molecular weight excluding hydrogens is 124 g/mol. The fraction of sp³-hybridized carbons (Fsp3) is 0.200. The molecule has 0 bridgehead atoms. The molecule has 43 valence electrons. The molecule has 2 nitrogen and oxygen atoms in total. The molecule has 0 saturated heterocycles. The van der Waals surface area contributed by atoms with Crippen molar-refractivity contribution in [1.82, 2.24) is 0 Å². The van der Waals surface area contributed by atoms with Crippen LogP contribution in [0.1, 0.15) is 0 Å². The third-order valence-electron chi connectivity index (χ3n) is 0.629. The van der Waals surface area contributed by atoms with Gasteiger partial charge in [0.15, 0.2) is 0 Å². The molecule has 3 heteroatoms. The summed E-state index contributed by atoms with van der Waals surface area (Å²) in [6, 6.07) is 0. The van der Waals surface area contributed by atoms with Gasteiger partial charge in [0.05, 0.1) is 0 Å². The summed E-state index contributed by atoms with van der Waals surface area (Å²) >= 11 is 4.25. The average molecular weight is 129 g/mol. The molecule has 0 unspecified atom stereocenters. The Morgan fingerprint density at radius 3 is 2.50 bits per heavy atom. The number of carbonyl (C=O) groups is 1. The molecule has 0 aliphatic carbocycles. The molecule has 1 N–H and O–H groups in total. The molecule has 0 aromatic carbocycles. The third-order valence-corrected chi connectivity index (χ3v) is 0.883. The molecule has 0 amide bonds. The zero-order valence-corrected chi connectivity index (χ0v) is 4.94. The van der Waals surface area contributed by atoms with Gasteiger partial charge in [0.25, 0.3) is 0 Å². The van der Waals surface area contributed by atoms with E-state index in [0.717, 1.165) is 0 Å². The van der Waals surface area contributed by atoms with Gasteiger partial charge in [-0.15, -0.1) is 6.58 Å². The second kappa shape index (κ2) is 3.32. The van der Waals surface area contributed by atoms with Gasteiger partial charge >= 0.3 is 5.97 Å². The highest BCUT2D eigenvalue weighted by Crippen LogP contribution is 1.91. The van der Waals surface area contributed by atoms with Crippen LogP contribution in [0.15, 0.2) is 12.7 Å². The van der Waals surface area contributed by atoms with E-state index in [9.17, 15) is 4.79 Å². The minimum absolute atomic E-state index is 0.801. The first kappa shape index (κ1) is 7.30. The van der Waals surface area contributed by atoms with E-state index in [4.69, 9.17) is 5.11 Å². The van der Waals surface area contributed by atoms with Crippen LogP contribution in [-0.2, 0) is 4.79 Å². The topological polar surface area (TPSA) is 37.3 Å². The van der Waals surface area contributed by atoms with Gasteiger partial charge < -0.3 is 5.11 Å². The molecule has 0 saturated carbocycles. The maximum Gasteiger partial charge on any atom is 0.315 e.